The van der Waals surface area contributed by atoms with Crippen LogP contribution in [0.4, 0.5) is 4.79 Å². The van der Waals surface area contributed by atoms with Gasteiger partial charge in [0, 0.05) is 10.9 Å². The molecule has 5 heteroatoms. The van der Waals surface area contributed by atoms with Gasteiger partial charge < -0.3 is 5.32 Å². The van der Waals surface area contributed by atoms with Gasteiger partial charge in [-0.2, -0.15) is 0 Å². The molecule has 0 aliphatic heterocycles. The molecular formula is C13H15Cl2NOS. The quantitative estimate of drug-likeness (QED) is 0.768. The van der Waals surface area contributed by atoms with Crippen LogP contribution in [0.25, 0.3) is 0 Å². The van der Waals surface area contributed by atoms with E-state index in [9.17, 15) is 4.79 Å². The summed E-state index contributed by atoms with van der Waals surface area (Å²) < 4.78 is 0. The summed E-state index contributed by atoms with van der Waals surface area (Å²) in [5.74, 6) is 0. The number of amides is 1. The first-order valence-corrected chi connectivity index (χ1v) is 7.66. The topological polar surface area (TPSA) is 29.1 Å². The lowest BCUT2D eigenvalue weighted by Crippen LogP contribution is -2.33. The Kier molecular flexibility index (Phi) is 5.22. The van der Waals surface area contributed by atoms with Crippen LogP contribution in [-0.4, -0.2) is 11.3 Å². The van der Waals surface area contributed by atoms with Crippen molar-refractivity contribution in [1.29, 1.82) is 0 Å². The molecule has 0 heterocycles. The van der Waals surface area contributed by atoms with Gasteiger partial charge in [-0.3, -0.25) is 4.79 Å². The highest BCUT2D eigenvalue weighted by Gasteiger charge is 2.16. The van der Waals surface area contributed by atoms with Crippen molar-refractivity contribution in [3.63, 3.8) is 0 Å². The molecular weight excluding hydrogens is 289 g/mol. The molecule has 1 amide bonds. The molecule has 1 N–H and O–H groups in total. The number of halogens is 2. The Morgan fingerprint density at radius 2 is 1.89 bits per heavy atom. The monoisotopic (exact) mass is 303 g/mol. The normalized spacial score (nSPS) is 16.6. The van der Waals surface area contributed by atoms with E-state index in [4.69, 9.17) is 23.2 Å². The van der Waals surface area contributed by atoms with Crippen molar-refractivity contribution in [1.82, 2.24) is 5.32 Å². The Morgan fingerprint density at radius 1 is 1.17 bits per heavy atom. The largest absolute Gasteiger partial charge is 0.344 e. The Balaban J connectivity index is 1.88. The molecule has 1 saturated carbocycles. The number of benzene rings is 1. The molecule has 0 spiro atoms. The van der Waals surface area contributed by atoms with Gasteiger partial charge in [-0.05, 0) is 42.8 Å². The highest BCUT2D eigenvalue weighted by molar-refractivity contribution is 8.13. The molecule has 2 nitrogen and oxygen atoms in total. The minimum Gasteiger partial charge on any atom is -0.344 e. The van der Waals surface area contributed by atoms with Crippen molar-refractivity contribution in [2.75, 3.05) is 0 Å². The van der Waals surface area contributed by atoms with Gasteiger partial charge in [-0.25, -0.2) is 0 Å². The number of hydrogen-bond acceptors (Lipinski definition) is 2. The van der Waals surface area contributed by atoms with Crippen LogP contribution in [0.3, 0.4) is 0 Å². The molecule has 1 fully saturated rings. The van der Waals surface area contributed by atoms with Crippen LogP contribution in [0.2, 0.25) is 10.0 Å². The van der Waals surface area contributed by atoms with Crippen molar-refractivity contribution in [2.45, 2.75) is 43.0 Å². The predicted molar refractivity (Wildman–Crippen MR) is 77.7 cm³/mol. The SMILES string of the molecule is O=C(NC1CCCCC1)Sc1ccc(Cl)c(Cl)c1. The van der Waals surface area contributed by atoms with Gasteiger partial charge >= 0.3 is 0 Å². The minimum atomic E-state index is -0.0136. The summed E-state index contributed by atoms with van der Waals surface area (Å²) in [6.07, 6.45) is 5.89. The smallest absolute Gasteiger partial charge is 0.284 e. The van der Waals surface area contributed by atoms with Gasteiger partial charge in [0.15, 0.2) is 0 Å². The summed E-state index contributed by atoms with van der Waals surface area (Å²) in [4.78, 5) is 12.7. The molecule has 98 valence electrons. The molecule has 1 aliphatic carbocycles. The van der Waals surface area contributed by atoms with E-state index in [1.165, 1.54) is 31.0 Å². The zero-order valence-corrected chi connectivity index (χ0v) is 12.2. The van der Waals surface area contributed by atoms with Crippen molar-refractivity contribution < 1.29 is 4.79 Å². The number of carbonyl (C=O) groups excluding carboxylic acids is 1. The van der Waals surface area contributed by atoms with Crippen LogP contribution in [0.15, 0.2) is 23.1 Å². The first-order chi connectivity index (χ1) is 8.65. The van der Waals surface area contributed by atoms with Gasteiger partial charge in [0.1, 0.15) is 0 Å². The summed E-state index contributed by atoms with van der Waals surface area (Å²) in [5.41, 5.74) is 0. The fraction of sp³-hybridized carbons (Fsp3) is 0.462. The van der Waals surface area contributed by atoms with Crippen molar-refractivity contribution in [3.05, 3.63) is 28.2 Å². The Hall–Kier alpha value is -0.380. The average molecular weight is 304 g/mol. The van der Waals surface area contributed by atoms with Crippen molar-refractivity contribution in [3.8, 4) is 0 Å². The standard InChI is InChI=1S/C13H15Cl2NOS/c14-11-7-6-10(8-12(11)15)18-13(17)16-9-4-2-1-3-5-9/h6-9H,1-5H2,(H,16,17). The van der Waals surface area contributed by atoms with E-state index in [1.54, 1.807) is 18.2 Å². The van der Waals surface area contributed by atoms with Gasteiger partial charge in [-0.1, -0.05) is 42.5 Å². The van der Waals surface area contributed by atoms with Crippen LogP contribution >= 0.6 is 35.0 Å². The molecule has 2 rings (SSSR count). The van der Waals surface area contributed by atoms with Crippen LogP contribution in [-0.2, 0) is 0 Å². The molecule has 0 radical (unpaired) electrons. The second kappa shape index (κ2) is 6.69. The third kappa shape index (κ3) is 4.08. The van der Waals surface area contributed by atoms with E-state index >= 15 is 0 Å². The molecule has 1 aliphatic rings. The van der Waals surface area contributed by atoms with Crippen LogP contribution in [0.5, 0.6) is 0 Å². The van der Waals surface area contributed by atoms with E-state index < -0.39 is 0 Å². The van der Waals surface area contributed by atoms with Crippen LogP contribution < -0.4 is 5.32 Å². The summed E-state index contributed by atoms with van der Waals surface area (Å²) in [5, 5.41) is 4.02. The van der Waals surface area contributed by atoms with E-state index in [-0.39, 0.29) is 5.24 Å². The molecule has 0 atom stereocenters. The van der Waals surface area contributed by atoms with Crippen molar-refractivity contribution >= 4 is 40.2 Å². The number of hydrogen-bond donors (Lipinski definition) is 1. The lowest BCUT2D eigenvalue weighted by Gasteiger charge is -2.22. The van der Waals surface area contributed by atoms with Gasteiger partial charge in [-0.15, -0.1) is 0 Å². The second-order valence-electron chi connectivity index (χ2n) is 4.44. The second-order valence-corrected chi connectivity index (χ2v) is 6.31. The third-order valence-electron chi connectivity index (χ3n) is 3.03. The van der Waals surface area contributed by atoms with E-state index in [2.05, 4.69) is 5.32 Å². The summed E-state index contributed by atoms with van der Waals surface area (Å²) >= 11 is 12.9. The van der Waals surface area contributed by atoms with E-state index in [0.717, 1.165) is 17.7 Å². The highest BCUT2D eigenvalue weighted by atomic mass is 35.5. The average Bonchev–Trinajstić information content (AvgIpc) is 2.35. The maximum absolute atomic E-state index is 11.9. The Bertz CT molecular complexity index is 433. The molecule has 0 aromatic heterocycles. The summed E-state index contributed by atoms with van der Waals surface area (Å²) in [6.45, 7) is 0. The fourth-order valence-corrected chi connectivity index (χ4v) is 3.21. The highest BCUT2D eigenvalue weighted by Crippen LogP contribution is 2.28. The maximum Gasteiger partial charge on any atom is 0.284 e. The molecule has 0 bridgehead atoms. The summed E-state index contributed by atoms with van der Waals surface area (Å²) in [7, 11) is 0. The van der Waals surface area contributed by atoms with Crippen LogP contribution in [0.1, 0.15) is 32.1 Å². The Labute approximate surface area is 121 Å². The molecule has 1 aromatic rings. The molecule has 1 aromatic carbocycles. The molecule has 0 unspecified atom stereocenters. The fourth-order valence-electron chi connectivity index (χ4n) is 2.09. The Morgan fingerprint density at radius 3 is 2.56 bits per heavy atom. The lowest BCUT2D eigenvalue weighted by atomic mass is 9.96. The van der Waals surface area contributed by atoms with Crippen LogP contribution in [0, 0.1) is 0 Å². The number of carbonyl (C=O) groups is 1. The first-order valence-electron chi connectivity index (χ1n) is 6.08. The van der Waals surface area contributed by atoms with Gasteiger partial charge in [0.2, 0.25) is 0 Å². The minimum absolute atomic E-state index is 0.0136. The van der Waals surface area contributed by atoms with E-state index in [1.807, 2.05) is 0 Å². The molecule has 18 heavy (non-hydrogen) atoms. The maximum atomic E-state index is 11.9. The predicted octanol–water partition coefficient (Wildman–Crippen LogP) is 5.13. The zero-order valence-electron chi connectivity index (χ0n) is 9.92. The number of thioether (sulfide) groups is 1. The first kappa shape index (κ1) is 14.0. The lowest BCUT2D eigenvalue weighted by molar-refractivity contribution is 0.253. The number of nitrogens with one attached hydrogen (secondary N) is 1. The molecule has 0 saturated heterocycles. The van der Waals surface area contributed by atoms with Crippen molar-refractivity contribution in [2.24, 2.45) is 0 Å². The van der Waals surface area contributed by atoms with E-state index in [0.29, 0.717) is 16.1 Å². The number of rotatable bonds is 2. The van der Waals surface area contributed by atoms with Gasteiger partial charge in [0.25, 0.3) is 5.24 Å². The third-order valence-corrected chi connectivity index (χ3v) is 4.56. The zero-order chi connectivity index (χ0) is 13.0. The van der Waals surface area contributed by atoms with Gasteiger partial charge in [0.05, 0.1) is 10.0 Å². The summed E-state index contributed by atoms with van der Waals surface area (Å²) in [6, 6.07) is 5.57.